The third kappa shape index (κ3) is 3.38. The Balaban J connectivity index is 2.29. The Kier molecular flexibility index (Phi) is 5.03. The Morgan fingerprint density at radius 3 is 2.74 bits per heavy atom. The molecule has 19 heavy (non-hydrogen) atoms. The van der Waals surface area contributed by atoms with E-state index in [-0.39, 0.29) is 0 Å². The Labute approximate surface area is 136 Å². The van der Waals surface area contributed by atoms with E-state index in [0.29, 0.717) is 6.04 Å². The summed E-state index contributed by atoms with van der Waals surface area (Å²) in [6, 6.07) is 8.89. The second kappa shape index (κ2) is 6.37. The molecular weight excluding hydrogens is 417 g/mol. The van der Waals surface area contributed by atoms with Gasteiger partial charge in [-0.25, -0.2) is 0 Å². The fraction of sp³-hybridized carbons (Fsp3) is 0.357. The van der Waals surface area contributed by atoms with Gasteiger partial charge in [-0.2, -0.15) is 5.10 Å². The molecule has 0 saturated carbocycles. The molecule has 3 nitrogen and oxygen atoms in total. The highest BCUT2D eigenvalue weighted by atomic mass is 127. The Morgan fingerprint density at radius 1 is 1.47 bits per heavy atom. The van der Waals surface area contributed by atoms with Crippen LogP contribution >= 0.6 is 38.5 Å². The quantitative estimate of drug-likeness (QED) is 0.746. The largest absolute Gasteiger partial charge is 0.313 e. The van der Waals surface area contributed by atoms with Crippen molar-refractivity contribution in [3.63, 3.8) is 0 Å². The summed E-state index contributed by atoms with van der Waals surface area (Å²) in [7, 11) is 4.00. The van der Waals surface area contributed by atoms with Gasteiger partial charge in [-0.05, 0) is 70.2 Å². The minimum Gasteiger partial charge on any atom is -0.313 e. The van der Waals surface area contributed by atoms with Gasteiger partial charge in [0.05, 0.1) is 15.9 Å². The number of hydrogen-bond acceptors (Lipinski definition) is 2. The molecule has 0 aliphatic rings. The van der Waals surface area contributed by atoms with Crippen LogP contribution in [0.1, 0.15) is 23.0 Å². The molecule has 1 N–H and O–H groups in total. The predicted octanol–water partition coefficient (Wildman–Crippen LogP) is 3.60. The fourth-order valence-corrected chi connectivity index (χ4v) is 3.27. The van der Waals surface area contributed by atoms with Crippen molar-refractivity contribution >= 4 is 38.5 Å². The molecule has 2 rings (SSSR count). The highest BCUT2D eigenvalue weighted by Crippen LogP contribution is 2.26. The van der Waals surface area contributed by atoms with Crippen LogP contribution in [0.25, 0.3) is 0 Å². The first-order valence-electron chi connectivity index (χ1n) is 6.13. The van der Waals surface area contributed by atoms with Crippen molar-refractivity contribution in [3.8, 4) is 0 Å². The molecule has 1 atom stereocenters. The monoisotopic (exact) mass is 433 g/mol. The van der Waals surface area contributed by atoms with Crippen molar-refractivity contribution in [2.75, 3.05) is 7.05 Å². The summed E-state index contributed by atoms with van der Waals surface area (Å²) >= 11 is 5.98. The first-order valence-corrected chi connectivity index (χ1v) is 8.00. The standard InChI is InChI=1S/C14H17BrIN3/c1-9-14(15)13(19(3)18-9)8-12(17-2)10-5-4-6-11(16)7-10/h4-7,12,17H,8H2,1-3H3. The third-order valence-electron chi connectivity index (χ3n) is 3.26. The smallest absolute Gasteiger partial charge is 0.0738 e. The van der Waals surface area contributed by atoms with E-state index in [1.54, 1.807) is 0 Å². The first-order chi connectivity index (χ1) is 9.02. The van der Waals surface area contributed by atoms with E-state index >= 15 is 0 Å². The van der Waals surface area contributed by atoms with Gasteiger partial charge >= 0.3 is 0 Å². The molecule has 2 aromatic rings. The van der Waals surface area contributed by atoms with E-state index in [4.69, 9.17) is 0 Å². The lowest BCUT2D eigenvalue weighted by atomic mass is 10.0. The summed E-state index contributed by atoms with van der Waals surface area (Å²) < 4.78 is 4.33. The van der Waals surface area contributed by atoms with Crippen LogP contribution in [-0.2, 0) is 13.5 Å². The maximum Gasteiger partial charge on any atom is 0.0738 e. The lowest BCUT2D eigenvalue weighted by Gasteiger charge is -2.17. The summed E-state index contributed by atoms with van der Waals surface area (Å²) in [6.45, 7) is 2.02. The maximum absolute atomic E-state index is 4.45. The molecule has 0 bridgehead atoms. The van der Waals surface area contributed by atoms with Crippen molar-refractivity contribution in [2.45, 2.75) is 19.4 Å². The zero-order valence-corrected chi connectivity index (χ0v) is 15.0. The van der Waals surface area contributed by atoms with Crippen LogP contribution in [0, 0.1) is 10.5 Å². The summed E-state index contributed by atoms with van der Waals surface area (Å²) in [5, 5.41) is 7.84. The molecule has 0 radical (unpaired) electrons. The average molecular weight is 434 g/mol. The zero-order valence-electron chi connectivity index (χ0n) is 11.2. The van der Waals surface area contributed by atoms with Crippen molar-refractivity contribution < 1.29 is 0 Å². The van der Waals surface area contributed by atoms with Gasteiger partial charge in [0.1, 0.15) is 0 Å². The molecular formula is C14H17BrIN3. The van der Waals surface area contributed by atoms with E-state index in [0.717, 1.165) is 16.6 Å². The highest BCUT2D eigenvalue weighted by molar-refractivity contribution is 14.1. The fourth-order valence-electron chi connectivity index (χ4n) is 2.21. The lowest BCUT2D eigenvalue weighted by Crippen LogP contribution is -2.20. The van der Waals surface area contributed by atoms with E-state index in [1.165, 1.54) is 14.8 Å². The van der Waals surface area contributed by atoms with Gasteiger partial charge in [-0.1, -0.05) is 12.1 Å². The van der Waals surface area contributed by atoms with Gasteiger partial charge in [0.2, 0.25) is 0 Å². The molecule has 1 aromatic carbocycles. The van der Waals surface area contributed by atoms with Crippen molar-refractivity contribution in [3.05, 3.63) is 49.3 Å². The van der Waals surface area contributed by atoms with Gasteiger partial charge in [0.15, 0.2) is 0 Å². The van der Waals surface area contributed by atoms with Crippen LogP contribution in [0.5, 0.6) is 0 Å². The normalized spacial score (nSPS) is 12.7. The number of aryl methyl sites for hydroxylation is 2. The number of benzene rings is 1. The SMILES string of the molecule is CNC(Cc1c(Br)c(C)nn1C)c1cccc(I)c1. The van der Waals surface area contributed by atoms with Crippen LogP contribution in [0.4, 0.5) is 0 Å². The van der Waals surface area contributed by atoms with Crippen molar-refractivity contribution in [1.29, 1.82) is 0 Å². The van der Waals surface area contributed by atoms with Crippen LogP contribution in [0.15, 0.2) is 28.7 Å². The molecule has 5 heteroatoms. The molecule has 0 amide bonds. The van der Waals surface area contributed by atoms with Crippen LogP contribution in [0.3, 0.4) is 0 Å². The van der Waals surface area contributed by atoms with Crippen molar-refractivity contribution in [1.82, 2.24) is 15.1 Å². The molecule has 0 aliphatic carbocycles. The van der Waals surface area contributed by atoms with E-state index in [9.17, 15) is 0 Å². The number of halogens is 2. The van der Waals surface area contributed by atoms with E-state index < -0.39 is 0 Å². The molecule has 0 fully saturated rings. The molecule has 1 heterocycles. The number of likely N-dealkylation sites (N-methyl/N-ethyl adjacent to an activating group) is 1. The molecule has 0 spiro atoms. The molecule has 0 aliphatic heterocycles. The average Bonchev–Trinajstić information content (AvgIpc) is 2.61. The summed E-state index contributed by atoms with van der Waals surface area (Å²) in [5.41, 5.74) is 3.56. The van der Waals surface area contributed by atoms with Gasteiger partial charge in [0, 0.05) is 23.1 Å². The minimum atomic E-state index is 0.292. The lowest BCUT2D eigenvalue weighted by molar-refractivity contribution is 0.560. The number of nitrogens with one attached hydrogen (secondary N) is 1. The maximum atomic E-state index is 4.45. The van der Waals surface area contributed by atoms with Gasteiger partial charge < -0.3 is 5.32 Å². The summed E-state index contributed by atoms with van der Waals surface area (Å²) in [6.07, 6.45) is 0.911. The van der Waals surface area contributed by atoms with Crippen LogP contribution < -0.4 is 5.32 Å². The van der Waals surface area contributed by atoms with Crippen LogP contribution in [-0.4, -0.2) is 16.8 Å². The summed E-state index contributed by atoms with van der Waals surface area (Å²) in [5.74, 6) is 0. The second-order valence-corrected chi connectivity index (χ2v) is 6.61. The van der Waals surface area contributed by atoms with E-state index in [2.05, 4.69) is 73.2 Å². The second-order valence-electron chi connectivity index (χ2n) is 4.57. The Morgan fingerprint density at radius 2 is 2.21 bits per heavy atom. The van der Waals surface area contributed by atoms with Crippen molar-refractivity contribution in [2.24, 2.45) is 7.05 Å². The molecule has 0 saturated heterocycles. The number of hydrogen-bond donors (Lipinski definition) is 1. The van der Waals surface area contributed by atoms with E-state index in [1.807, 2.05) is 25.7 Å². The highest BCUT2D eigenvalue weighted by Gasteiger charge is 2.17. The number of aromatic nitrogens is 2. The Bertz CT molecular complexity index is 580. The zero-order chi connectivity index (χ0) is 14.0. The summed E-state index contributed by atoms with van der Waals surface area (Å²) in [4.78, 5) is 0. The van der Waals surface area contributed by atoms with Crippen LogP contribution in [0.2, 0.25) is 0 Å². The minimum absolute atomic E-state index is 0.292. The first kappa shape index (κ1) is 15.0. The van der Waals surface area contributed by atoms with Gasteiger partial charge in [-0.3, -0.25) is 4.68 Å². The molecule has 1 unspecified atom stereocenters. The Hall–Kier alpha value is -0.400. The number of nitrogens with zero attached hydrogens (tertiary/aromatic N) is 2. The number of rotatable bonds is 4. The van der Waals surface area contributed by atoms with Gasteiger partial charge in [-0.15, -0.1) is 0 Å². The third-order valence-corrected chi connectivity index (χ3v) is 4.96. The topological polar surface area (TPSA) is 29.9 Å². The predicted molar refractivity (Wildman–Crippen MR) is 90.3 cm³/mol. The molecule has 102 valence electrons. The molecule has 1 aromatic heterocycles. The van der Waals surface area contributed by atoms with Gasteiger partial charge in [0.25, 0.3) is 0 Å².